The lowest BCUT2D eigenvalue weighted by atomic mass is 9.99. The molecule has 3 heteroatoms. The molecule has 2 aliphatic heterocycles. The van der Waals surface area contributed by atoms with Crippen LogP contribution in [0.15, 0.2) is 0 Å². The summed E-state index contributed by atoms with van der Waals surface area (Å²) in [5, 5.41) is 3.40. The molecule has 0 spiro atoms. The minimum absolute atomic E-state index is 0.108. The minimum Gasteiger partial charge on any atom is -0.341 e. The zero-order chi connectivity index (χ0) is 9.97. The molecule has 0 aliphatic carbocycles. The standard InChI is InChI=1S/C11H20N2O/c1-9-5-4-6-10(12-9)11(14)13-7-2-3-8-13/h9-10,12H,2-8H2,1H3. The third-order valence-corrected chi connectivity index (χ3v) is 3.33. The number of hydrogen-bond donors (Lipinski definition) is 1. The van der Waals surface area contributed by atoms with E-state index in [-0.39, 0.29) is 6.04 Å². The van der Waals surface area contributed by atoms with Gasteiger partial charge in [0.05, 0.1) is 6.04 Å². The van der Waals surface area contributed by atoms with Gasteiger partial charge in [-0.05, 0) is 39.0 Å². The van der Waals surface area contributed by atoms with Crippen molar-refractivity contribution < 1.29 is 4.79 Å². The van der Waals surface area contributed by atoms with Crippen LogP contribution in [0.1, 0.15) is 39.0 Å². The smallest absolute Gasteiger partial charge is 0.239 e. The minimum atomic E-state index is 0.108. The summed E-state index contributed by atoms with van der Waals surface area (Å²) in [7, 11) is 0. The fourth-order valence-electron chi connectivity index (χ4n) is 2.49. The molecule has 2 atom stereocenters. The van der Waals surface area contributed by atoms with E-state index in [9.17, 15) is 4.79 Å². The van der Waals surface area contributed by atoms with E-state index in [0.717, 1.165) is 19.5 Å². The fourth-order valence-corrected chi connectivity index (χ4v) is 2.49. The van der Waals surface area contributed by atoms with Gasteiger partial charge in [-0.2, -0.15) is 0 Å². The fraction of sp³-hybridized carbons (Fsp3) is 0.909. The highest BCUT2D eigenvalue weighted by Crippen LogP contribution is 2.16. The number of rotatable bonds is 1. The van der Waals surface area contributed by atoms with Crippen molar-refractivity contribution >= 4 is 5.91 Å². The van der Waals surface area contributed by atoms with Crippen LogP contribution in [-0.2, 0) is 4.79 Å². The van der Waals surface area contributed by atoms with E-state index in [2.05, 4.69) is 12.2 Å². The number of likely N-dealkylation sites (tertiary alicyclic amines) is 1. The molecular formula is C11H20N2O. The Labute approximate surface area is 85.8 Å². The molecule has 2 heterocycles. The van der Waals surface area contributed by atoms with Gasteiger partial charge in [0, 0.05) is 19.1 Å². The summed E-state index contributed by atoms with van der Waals surface area (Å²) in [4.78, 5) is 14.0. The molecule has 0 aromatic heterocycles. The molecule has 0 aromatic carbocycles. The van der Waals surface area contributed by atoms with Gasteiger partial charge >= 0.3 is 0 Å². The molecule has 0 saturated carbocycles. The third kappa shape index (κ3) is 2.08. The molecule has 0 radical (unpaired) electrons. The third-order valence-electron chi connectivity index (χ3n) is 3.33. The summed E-state index contributed by atoms with van der Waals surface area (Å²) in [5.74, 6) is 0.342. The van der Waals surface area contributed by atoms with Gasteiger partial charge in [0.25, 0.3) is 0 Å². The SMILES string of the molecule is CC1CCCC(C(=O)N2CCCC2)N1. The van der Waals surface area contributed by atoms with Crippen molar-refractivity contribution in [2.45, 2.75) is 51.1 Å². The van der Waals surface area contributed by atoms with Gasteiger partial charge in [0.15, 0.2) is 0 Å². The normalized spacial score (nSPS) is 33.4. The quantitative estimate of drug-likeness (QED) is 0.682. The Bertz CT molecular complexity index is 211. The number of piperidine rings is 1. The maximum atomic E-state index is 12.0. The van der Waals surface area contributed by atoms with Crippen LogP contribution < -0.4 is 5.32 Å². The van der Waals surface area contributed by atoms with Crippen LogP contribution in [0.25, 0.3) is 0 Å². The van der Waals surface area contributed by atoms with Gasteiger partial charge in [0.2, 0.25) is 5.91 Å². The monoisotopic (exact) mass is 196 g/mol. The number of carbonyl (C=O) groups excluding carboxylic acids is 1. The number of hydrogen-bond acceptors (Lipinski definition) is 2. The van der Waals surface area contributed by atoms with Crippen molar-refractivity contribution in [3.8, 4) is 0 Å². The molecule has 1 N–H and O–H groups in total. The summed E-state index contributed by atoms with van der Waals surface area (Å²) in [6, 6.07) is 0.622. The lowest BCUT2D eigenvalue weighted by Crippen LogP contribution is -2.50. The van der Waals surface area contributed by atoms with Crippen molar-refractivity contribution in [3.05, 3.63) is 0 Å². The van der Waals surface area contributed by atoms with Crippen molar-refractivity contribution in [2.75, 3.05) is 13.1 Å². The molecule has 2 aliphatic rings. The molecule has 2 unspecified atom stereocenters. The van der Waals surface area contributed by atoms with Crippen molar-refractivity contribution in [2.24, 2.45) is 0 Å². The Morgan fingerprint density at radius 1 is 1.21 bits per heavy atom. The highest BCUT2D eigenvalue weighted by molar-refractivity contribution is 5.82. The molecule has 1 amide bonds. The lowest BCUT2D eigenvalue weighted by Gasteiger charge is -2.30. The average Bonchev–Trinajstić information content (AvgIpc) is 2.69. The second-order valence-corrected chi connectivity index (χ2v) is 4.58. The van der Waals surface area contributed by atoms with Crippen LogP contribution in [0.3, 0.4) is 0 Å². The van der Waals surface area contributed by atoms with Crippen molar-refractivity contribution in [1.82, 2.24) is 10.2 Å². The molecule has 2 fully saturated rings. The van der Waals surface area contributed by atoms with Gasteiger partial charge in [-0.1, -0.05) is 0 Å². The van der Waals surface area contributed by atoms with Crippen LogP contribution in [0, 0.1) is 0 Å². The van der Waals surface area contributed by atoms with E-state index in [1.165, 1.54) is 25.7 Å². The largest absolute Gasteiger partial charge is 0.341 e. The number of nitrogens with zero attached hydrogens (tertiary/aromatic N) is 1. The maximum Gasteiger partial charge on any atom is 0.239 e. The summed E-state index contributed by atoms with van der Waals surface area (Å²) in [6.07, 6.45) is 5.81. The maximum absolute atomic E-state index is 12.0. The van der Waals surface area contributed by atoms with E-state index in [4.69, 9.17) is 0 Å². The lowest BCUT2D eigenvalue weighted by molar-refractivity contribution is -0.133. The Hall–Kier alpha value is -0.570. The van der Waals surface area contributed by atoms with Crippen LogP contribution >= 0.6 is 0 Å². The number of nitrogens with one attached hydrogen (secondary N) is 1. The first kappa shape index (κ1) is 9.97. The molecule has 2 saturated heterocycles. The zero-order valence-electron chi connectivity index (χ0n) is 8.96. The van der Waals surface area contributed by atoms with E-state index in [1.54, 1.807) is 0 Å². The van der Waals surface area contributed by atoms with Gasteiger partial charge in [-0.3, -0.25) is 4.79 Å². The predicted octanol–water partition coefficient (Wildman–Crippen LogP) is 1.14. The van der Waals surface area contributed by atoms with Gasteiger partial charge in [0.1, 0.15) is 0 Å². The predicted molar refractivity (Wildman–Crippen MR) is 56.1 cm³/mol. The topological polar surface area (TPSA) is 32.3 Å². The van der Waals surface area contributed by atoms with Gasteiger partial charge in [-0.15, -0.1) is 0 Å². The Balaban J connectivity index is 1.89. The average molecular weight is 196 g/mol. The number of amides is 1. The molecule has 80 valence electrons. The first-order chi connectivity index (χ1) is 6.77. The van der Waals surface area contributed by atoms with Crippen LogP contribution in [0.4, 0.5) is 0 Å². The highest BCUT2D eigenvalue weighted by atomic mass is 16.2. The van der Waals surface area contributed by atoms with Crippen LogP contribution in [-0.4, -0.2) is 36.0 Å². The molecule has 3 nitrogen and oxygen atoms in total. The first-order valence-corrected chi connectivity index (χ1v) is 5.82. The molecule has 0 bridgehead atoms. The summed E-state index contributed by atoms with van der Waals surface area (Å²) < 4.78 is 0. The Morgan fingerprint density at radius 3 is 2.57 bits per heavy atom. The molecule has 14 heavy (non-hydrogen) atoms. The van der Waals surface area contributed by atoms with Crippen LogP contribution in [0.2, 0.25) is 0 Å². The summed E-state index contributed by atoms with van der Waals surface area (Å²) >= 11 is 0. The van der Waals surface area contributed by atoms with Gasteiger partial charge in [-0.25, -0.2) is 0 Å². The van der Waals surface area contributed by atoms with E-state index in [1.807, 2.05) is 4.90 Å². The number of carbonyl (C=O) groups is 1. The second kappa shape index (κ2) is 4.30. The Morgan fingerprint density at radius 2 is 1.93 bits per heavy atom. The molecular weight excluding hydrogens is 176 g/mol. The Kier molecular flexibility index (Phi) is 3.06. The van der Waals surface area contributed by atoms with Crippen molar-refractivity contribution in [3.63, 3.8) is 0 Å². The highest BCUT2D eigenvalue weighted by Gasteiger charge is 2.29. The van der Waals surface area contributed by atoms with Crippen molar-refractivity contribution in [1.29, 1.82) is 0 Å². The molecule has 0 aromatic rings. The summed E-state index contributed by atoms with van der Waals surface area (Å²) in [6.45, 7) is 4.13. The van der Waals surface area contributed by atoms with Gasteiger partial charge < -0.3 is 10.2 Å². The van der Waals surface area contributed by atoms with E-state index in [0.29, 0.717) is 11.9 Å². The molecule has 2 rings (SSSR count). The first-order valence-electron chi connectivity index (χ1n) is 5.82. The van der Waals surface area contributed by atoms with E-state index < -0.39 is 0 Å². The van der Waals surface area contributed by atoms with Crippen LogP contribution in [0.5, 0.6) is 0 Å². The zero-order valence-corrected chi connectivity index (χ0v) is 8.96. The summed E-state index contributed by atoms with van der Waals surface area (Å²) in [5.41, 5.74) is 0. The second-order valence-electron chi connectivity index (χ2n) is 4.58. The van der Waals surface area contributed by atoms with E-state index >= 15 is 0 Å².